The quantitative estimate of drug-likeness (QED) is 0.283. The first-order chi connectivity index (χ1) is 19.2. The van der Waals surface area contributed by atoms with Crippen molar-refractivity contribution in [2.24, 2.45) is 0 Å². The molecule has 2 aliphatic heterocycles. The van der Waals surface area contributed by atoms with Crippen molar-refractivity contribution in [2.45, 2.75) is 25.1 Å². The third kappa shape index (κ3) is 4.84. The van der Waals surface area contributed by atoms with E-state index >= 15 is 0 Å². The van der Waals surface area contributed by atoms with Gasteiger partial charge < -0.3 is 20.3 Å². The number of nitrogens with one attached hydrogen (secondary N) is 2. The lowest BCUT2D eigenvalue weighted by atomic mass is 10.1. The second-order valence-corrected chi connectivity index (χ2v) is 10.7. The molecule has 6 rings (SSSR count). The minimum atomic E-state index is -4.79. The highest BCUT2D eigenvalue weighted by Crippen LogP contribution is 2.48. The number of pyridine rings is 1. The fourth-order valence-corrected chi connectivity index (χ4v) is 6.17. The van der Waals surface area contributed by atoms with Crippen LogP contribution in [0.2, 0.25) is 0 Å². The van der Waals surface area contributed by atoms with Crippen LogP contribution in [0.1, 0.15) is 28.1 Å². The Balaban J connectivity index is 1.39. The topological polar surface area (TPSA) is 86.8 Å². The van der Waals surface area contributed by atoms with E-state index in [1.165, 1.54) is 24.4 Å². The third-order valence-electron chi connectivity index (χ3n) is 6.91. The molecule has 0 radical (unpaired) electrons. The number of amides is 3. The largest absolute Gasteiger partial charge is 0.457 e. The van der Waals surface area contributed by atoms with Crippen molar-refractivity contribution in [3.8, 4) is 11.5 Å². The minimum absolute atomic E-state index is 0.0249. The summed E-state index contributed by atoms with van der Waals surface area (Å²) in [5.41, 5.74) is -0.951. The number of ether oxygens (including phenoxy) is 1. The molecular weight excluding hydrogens is 543 g/mol. The third-order valence-corrected chi connectivity index (χ3v) is 8.00. The lowest BCUT2D eigenvalue weighted by molar-refractivity contribution is -0.137. The number of rotatable bonds is 5. The Bertz CT molecular complexity index is 1610. The van der Waals surface area contributed by atoms with Crippen LogP contribution in [0.15, 0.2) is 60.8 Å². The van der Waals surface area contributed by atoms with Crippen molar-refractivity contribution >= 4 is 50.6 Å². The predicted molar refractivity (Wildman–Crippen MR) is 147 cm³/mol. The van der Waals surface area contributed by atoms with E-state index in [9.17, 15) is 22.8 Å². The molecule has 206 valence electrons. The van der Waals surface area contributed by atoms with Crippen LogP contribution in [0.4, 0.5) is 35.0 Å². The SMILES string of the molecule is CN1CCCC(NC(=O)c2sc3nccc4c3c2NC(=O)N4c2ccc(Oc3ccccc3)cc2C(F)(F)F)C1. The normalized spacial score (nSPS) is 17.6. The van der Waals surface area contributed by atoms with Crippen molar-refractivity contribution in [3.05, 3.63) is 71.2 Å². The Morgan fingerprint density at radius 2 is 1.93 bits per heavy atom. The number of urea groups is 1. The predicted octanol–water partition coefficient (Wildman–Crippen LogP) is 6.62. The molecule has 2 N–H and O–H groups in total. The summed E-state index contributed by atoms with van der Waals surface area (Å²) in [7, 11) is 1.99. The zero-order chi connectivity index (χ0) is 28.0. The standard InChI is InChI=1S/C28H24F3N5O3S/c1-35-13-5-6-16(15-35)33-25(37)24-23-22-21(11-12-32-26(22)40-24)36(27(38)34-23)20-10-9-18(14-19(20)28(29,30)31)39-17-7-3-2-4-8-17/h2-4,7-12,14,16H,5-6,13,15H2,1H3,(H,33,37)(H,34,38). The number of benzene rings is 2. The van der Waals surface area contributed by atoms with Crippen LogP contribution < -0.4 is 20.3 Å². The number of thiophene rings is 1. The zero-order valence-corrected chi connectivity index (χ0v) is 22.1. The summed E-state index contributed by atoms with van der Waals surface area (Å²) < 4.78 is 48.6. The lowest BCUT2D eigenvalue weighted by Gasteiger charge is -2.31. The number of hydrogen-bond donors (Lipinski definition) is 2. The maximum absolute atomic E-state index is 14.3. The van der Waals surface area contributed by atoms with Gasteiger partial charge in [-0.15, -0.1) is 11.3 Å². The van der Waals surface area contributed by atoms with E-state index in [-0.39, 0.29) is 39.6 Å². The number of anilines is 3. The Labute approximate surface area is 231 Å². The van der Waals surface area contributed by atoms with Crippen LogP contribution in [-0.2, 0) is 6.18 Å². The number of piperidine rings is 1. The van der Waals surface area contributed by atoms with E-state index in [0.29, 0.717) is 22.5 Å². The molecule has 1 unspecified atom stereocenters. The van der Waals surface area contributed by atoms with Gasteiger partial charge in [0.2, 0.25) is 0 Å². The first-order valence-electron chi connectivity index (χ1n) is 12.6. The van der Waals surface area contributed by atoms with Crippen LogP contribution in [0.25, 0.3) is 10.2 Å². The first-order valence-corrected chi connectivity index (χ1v) is 13.5. The Morgan fingerprint density at radius 1 is 1.12 bits per heavy atom. The second kappa shape index (κ2) is 10.1. The number of aromatic nitrogens is 1. The van der Waals surface area contributed by atoms with E-state index in [2.05, 4.69) is 20.5 Å². The number of likely N-dealkylation sites (tertiary alicyclic amines) is 1. The number of carbonyl (C=O) groups excluding carboxylic acids is 2. The molecule has 40 heavy (non-hydrogen) atoms. The molecule has 0 saturated carbocycles. The number of alkyl halides is 3. The number of para-hydroxylation sites is 1. The van der Waals surface area contributed by atoms with Gasteiger partial charge in [0.1, 0.15) is 21.2 Å². The van der Waals surface area contributed by atoms with Crippen LogP contribution in [-0.4, -0.2) is 48.0 Å². The highest BCUT2D eigenvalue weighted by Gasteiger charge is 2.40. The van der Waals surface area contributed by atoms with Gasteiger partial charge in [-0.1, -0.05) is 18.2 Å². The van der Waals surface area contributed by atoms with E-state index < -0.39 is 17.8 Å². The van der Waals surface area contributed by atoms with Crippen LogP contribution in [0.3, 0.4) is 0 Å². The lowest BCUT2D eigenvalue weighted by Crippen LogP contribution is -2.46. The van der Waals surface area contributed by atoms with Gasteiger partial charge in [0.15, 0.2) is 0 Å². The summed E-state index contributed by atoms with van der Waals surface area (Å²) >= 11 is 1.09. The van der Waals surface area contributed by atoms with Crippen LogP contribution in [0, 0.1) is 0 Å². The average Bonchev–Trinajstić information content (AvgIpc) is 3.29. The van der Waals surface area contributed by atoms with Crippen LogP contribution in [0.5, 0.6) is 11.5 Å². The molecule has 2 aromatic heterocycles. The Kier molecular flexibility index (Phi) is 6.59. The fraction of sp³-hybridized carbons (Fsp3) is 0.250. The smallest absolute Gasteiger partial charge is 0.418 e. The number of hydrogen-bond acceptors (Lipinski definition) is 6. The van der Waals surface area contributed by atoms with Crippen molar-refractivity contribution in [3.63, 3.8) is 0 Å². The molecule has 8 nitrogen and oxygen atoms in total. The van der Waals surface area contributed by atoms with Crippen molar-refractivity contribution < 1.29 is 27.5 Å². The maximum atomic E-state index is 14.3. The molecule has 0 bridgehead atoms. The van der Waals surface area contributed by atoms with Crippen molar-refractivity contribution in [2.75, 3.05) is 30.4 Å². The molecule has 1 atom stereocenters. The molecule has 1 fully saturated rings. The average molecular weight is 568 g/mol. The van der Waals surface area contributed by atoms with Gasteiger partial charge in [-0.3, -0.25) is 9.69 Å². The van der Waals surface area contributed by atoms with E-state index in [1.54, 1.807) is 30.3 Å². The first kappa shape index (κ1) is 26.1. The van der Waals surface area contributed by atoms with E-state index in [4.69, 9.17) is 4.74 Å². The summed E-state index contributed by atoms with van der Waals surface area (Å²) in [5.74, 6) is 0.00280. The number of halogens is 3. The van der Waals surface area contributed by atoms with Gasteiger partial charge in [0.25, 0.3) is 5.91 Å². The fourth-order valence-electron chi connectivity index (χ4n) is 5.14. The molecule has 0 spiro atoms. The van der Waals surface area contributed by atoms with Gasteiger partial charge in [-0.05, 0) is 62.8 Å². The maximum Gasteiger partial charge on any atom is 0.418 e. The molecule has 1 saturated heterocycles. The zero-order valence-electron chi connectivity index (χ0n) is 21.3. The van der Waals surface area contributed by atoms with Gasteiger partial charge in [0.05, 0.1) is 28.0 Å². The van der Waals surface area contributed by atoms with Gasteiger partial charge >= 0.3 is 12.2 Å². The molecule has 2 aliphatic rings. The molecule has 4 heterocycles. The number of likely N-dealkylation sites (N-methyl/N-ethyl adjacent to an activating group) is 1. The van der Waals surface area contributed by atoms with Crippen molar-refractivity contribution in [1.29, 1.82) is 0 Å². The van der Waals surface area contributed by atoms with E-state index in [0.717, 1.165) is 41.7 Å². The number of nitrogens with zero attached hydrogens (tertiary/aromatic N) is 3. The van der Waals surface area contributed by atoms with Crippen LogP contribution >= 0.6 is 11.3 Å². The summed E-state index contributed by atoms with van der Waals surface area (Å²) in [4.78, 5) is 34.8. The Hall–Kier alpha value is -4.16. The number of carbonyl (C=O) groups is 2. The summed E-state index contributed by atoms with van der Waals surface area (Å²) in [6.45, 7) is 1.67. The summed E-state index contributed by atoms with van der Waals surface area (Å²) in [6, 6.07) is 12.5. The molecule has 0 aliphatic carbocycles. The highest BCUT2D eigenvalue weighted by molar-refractivity contribution is 7.21. The molecule has 3 amide bonds. The van der Waals surface area contributed by atoms with Gasteiger partial charge in [-0.2, -0.15) is 13.2 Å². The van der Waals surface area contributed by atoms with Crippen molar-refractivity contribution in [1.82, 2.24) is 15.2 Å². The molecular formula is C28H24F3N5O3S. The molecule has 2 aromatic carbocycles. The van der Waals surface area contributed by atoms with Gasteiger partial charge in [0, 0.05) is 18.8 Å². The second-order valence-electron chi connectivity index (χ2n) is 9.75. The summed E-state index contributed by atoms with van der Waals surface area (Å²) in [5, 5.41) is 6.11. The Morgan fingerprint density at radius 3 is 2.67 bits per heavy atom. The van der Waals surface area contributed by atoms with Gasteiger partial charge in [-0.25, -0.2) is 9.78 Å². The molecule has 12 heteroatoms. The monoisotopic (exact) mass is 567 g/mol. The summed E-state index contributed by atoms with van der Waals surface area (Å²) in [6.07, 6.45) is -1.58. The highest BCUT2D eigenvalue weighted by atomic mass is 32.1. The minimum Gasteiger partial charge on any atom is -0.457 e. The molecule has 4 aromatic rings. The van der Waals surface area contributed by atoms with E-state index in [1.807, 2.05) is 7.05 Å².